The molecule has 0 aromatic heterocycles. The molecule has 0 bridgehead atoms. The van der Waals surface area contributed by atoms with E-state index >= 15 is 0 Å². The first-order valence-corrected chi connectivity index (χ1v) is 10.2. The van der Waals surface area contributed by atoms with Crippen molar-refractivity contribution in [2.75, 3.05) is 6.54 Å². The highest BCUT2D eigenvalue weighted by atomic mass is 32.1. The van der Waals surface area contributed by atoms with Gasteiger partial charge in [-0.25, -0.2) is 0 Å². The highest BCUT2D eigenvalue weighted by Crippen LogP contribution is 2.08. The minimum atomic E-state index is 0.913. The average Bonchev–Trinajstić information content (AvgIpc) is 2.52. The van der Waals surface area contributed by atoms with Crippen LogP contribution in [0, 0.1) is 0 Å². The smallest absolute Gasteiger partial charge is 0.0984 e. The molecule has 22 heavy (non-hydrogen) atoms. The molecule has 0 rings (SSSR count). The van der Waals surface area contributed by atoms with Crippen LogP contribution in [0.4, 0.5) is 0 Å². The van der Waals surface area contributed by atoms with E-state index in [-0.39, 0.29) is 0 Å². The van der Waals surface area contributed by atoms with E-state index in [0.29, 0.717) is 0 Å². The summed E-state index contributed by atoms with van der Waals surface area (Å²) >= 11 is 5.32. The zero-order valence-electron chi connectivity index (χ0n) is 15.2. The first-order chi connectivity index (χ1) is 10.8. The molecule has 0 aliphatic heterocycles. The number of unbranched alkanes of at least 4 members (excludes halogenated alkanes) is 12. The Labute approximate surface area is 145 Å². The van der Waals surface area contributed by atoms with Crippen LogP contribution in [0.5, 0.6) is 0 Å². The lowest BCUT2D eigenvalue weighted by Gasteiger charge is -2.04. The third-order valence-corrected chi connectivity index (χ3v) is 4.35. The van der Waals surface area contributed by atoms with Crippen LogP contribution in [0.3, 0.4) is 0 Å². The summed E-state index contributed by atoms with van der Waals surface area (Å²) in [5, 5.41) is 3.35. The van der Waals surface area contributed by atoms with Gasteiger partial charge in [-0.2, -0.15) is 0 Å². The Kier molecular flexibility index (Phi) is 18.4. The summed E-state index contributed by atoms with van der Waals surface area (Å²) in [6.07, 6.45) is 23.2. The van der Waals surface area contributed by atoms with E-state index in [1.54, 1.807) is 0 Å². The summed E-state index contributed by atoms with van der Waals surface area (Å²) < 4.78 is 0. The molecule has 0 amide bonds. The average molecular weight is 326 g/mol. The second-order valence-corrected chi connectivity index (χ2v) is 6.81. The molecule has 2 heteroatoms. The van der Waals surface area contributed by atoms with Crippen LogP contribution in [0.25, 0.3) is 0 Å². The fraction of sp³-hybridized carbons (Fsp3) is 0.850. The standard InChI is InChI=1S/C20H39NS/c1-3-5-7-9-11-13-15-17-19-21-20(22)18-16-14-12-10-8-6-4-2/h16,18H,3-15,17,19H2,1-2H3,(H,21,22). The van der Waals surface area contributed by atoms with Crippen molar-refractivity contribution in [3.05, 3.63) is 12.2 Å². The maximum absolute atomic E-state index is 5.32. The second-order valence-electron chi connectivity index (χ2n) is 6.37. The van der Waals surface area contributed by atoms with Crippen LogP contribution in [-0.2, 0) is 0 Å². The predicted octanol–water partition coefficient (Wildman–Crippen LogP) is 6.96. The lowest BCUT2D eigenvalue weighted by atomic mass is 10.1. The summed E-state index contributed by atoms with van der Waals surface area (Å²) in [6, 6.07) is 0. The number of allylic oxidation sites excluding steroid dienone is 1. The lowest BCUT2D eigenvalue weighted by molar-refractivity contribution is 0.573. The molecule has 1 N–H and O–H groups in total. The molecule has 1 nitrogen and oxygen atoms in total. The Morgan fingerprint density at radius 1 is 0.727 bits per heavy atom. The molecule has 0 saturated carbocycles. The molecule has 130 valence electrons. The summed E-state index contributed by atoms with van der Waals surface area (Å²) in [7, 11) is 0. The van der Waals surface area contributed by atoms with Crippen molar-refractivity contribution >= 4 is 17.2 Å². The number of nitrogens with one attached hydrogen (secondary N) is 1. The van der Waals surface area contributed by atoms with E-state index in [0.717, 1.165) is 11.5 Å². The minimum Gasteiger partial charge on any atom is -0.376 e. The zero-order chi connectivity index (χ0) is 16.3. The van der Waals surface area contributed by atoms with Gasteiger partial charge in [-0.15, -0.1) is 0 Å². The van der Waals surface area contributed by atoms with Crippen molar-refractivity contribution in [1.82, 2.24) is 5.32 Å². The van der Waals surface area contributed by atoms with E-state index in [9.17, 15) is 0 Å². The Bertz CT molecular complexity index is 260. The number of thiocarbonyl (C=S) groups is 1. The van der Waals surface area contributed by atoms with Crippen LogP contribution in [0.2, 0.25) is 0 Å². The van der Waals surface area contributed by atoms with Gasteiger partial charge in [0.25, 0.3) is 0 Å². The molecule has 0 unspecified atom stereocenters. The van der Waals surface area contributed by atoms with Crippen molar-refractivity contribution in [3.8, 4) is 0 Å². The molecule has 0 aliphatic rings. The van der Waals surface area contributed by atoms with Gasteiger partial charge in [-0.3, -0.25) is 0 Å². The Morgan fingerprint density at radius 3 is 1.82 bits per heavy atom. The second kappa shape index (κ2) is 18.7. The van der Waals surface area contributed by atoms with E-state index in [1.165, 1.54) is 89.9 Å². The van der Waals surface area contributed by atoms with Crippen molar-refractivity contribution in [2.24, 2.45) is 0 Å². The van der Waals surface area contributed by atoms with E-state index < -0.39 is 0 Å². The van der Waals surface area contributed by atoms with Crippen LogP contribution in [0.15, 0.2) is 12.2 Å². The minimum absolute atomic E-state index is 0.913. The van der Waals surface area contributed by atoms with Gasteiger partial charge >= 0.3 is 0 Å². The maximum atomic E-state index is 5.32. The Hall–Kier alpha value is -0.370. The normalized spacial score (nSPS) is 11.2. The van der Waals surface area contributed by atoms with Crippen molar-refractivity contribution in [1.29, 1.82) is 0 Å². The fourth-order valence-corrected chi connectivity index (χ4v) is 2.78. The molecule has 0 fully saturated rings. The number of hydrogen-bond acceptors (Lipinski definition) is 1. The van der Waals surface area contributed by atoms with Crippen molar-refractivity contribution < 1.29 is 0 Å². The molecular formula is C20H39NS. The van der Waals surface area contributed by atoms with Crippen LogP contribution in [0.1, 0.15) is 104 Å². The van der Waals surface area contributed by atoms with Gasteiger partial charge in [0, 0.05) is 6.54 Å². The summed E-state index contributed by atoms with van der Waals surface area (Å²) in [5.41, 5.74) is 0. The third-order valence-electron chi connectivity index (χ3n) is 4.07. The highest BCUT2D eigenvalue weighted by molar-refractivity contribution is 7.80. The van der Waals surface area contributed by atoms with Crippen LogP contribution in [-0.4, -0.2) is 11.5 Å². The van der Waals surface area contributed by atoms with E-state index in [1.807, 2.05) is 0 Å². The van der Waals surface area contributed by atoms with Crippen molar-refractivity contribution in [2.45, 2.75) is 104 Å². The number of rotatable bonds is 16. The molecule has 0 aromatic carbocycles. The van der Waals surface area contributed by atoms with Gasteiger partial charge in [0.1, 0.15) is 0 Å². The molecule has 0 atom stereocenters. The molecule has 0 saturated heterocycles. The Balaban J connectivity index is 3.24. The van der Waals surface area contributed by atoms with Gasteiger partial charge in [-0.05, 0) is 25.3 Å². The molecule has 0 heterocycles. The monoisotopic (exact) mass is 325 g/mol. The molecule has 0 aromatic rings. The number of hydrogen-bond donors (Lipinski definition) is 1. The molecule has 0 radical (unpaired) electrons. The topological polar surface area (TPSA) is 12.0 Å². The van der Waals surface area contributed by atoms with E-state index in [4.69, 9.17) is 12.2 Å². The summed E-state index contributed by atoms with van der Waals surface area (Å²) in [5.74, 6) is 0. The van der Waals surface area contributed by atoms with Crippen LogP contribution >= 0.6 is 12.2 Å². The van der Waals surface area contributed by atoms with Crippen molar-refractivity contribution in [3.63, 3.8) is 0 Å². The SMILES string of the molecule is CCCCCCCC=CC(=S)NCCCCCCCCCC. The van der Waals surface area contributed by atoms with Crippen LogP contribution < -0.4 is 5.32 Å². The predicted molar refractivity (Wildman–Crippen MR) is 106 cm³/mol. The summed E-state index contributed by atoms with van der Waals surface area (Å²) in [6.45, 7) is 5.57. The largest absolute Gasteiger partial charge is 0.376 e. The molecular weight excluding hydrogens is 286 g/mol. The van der Waals surface area contributed by atoms with Gasteiger partial charge in [0.2, 0.25) is 0 Å². The van der Waals surface area contributed by atoms with Gasteiger partial charge in [-0.1, -0.05) is 103 Å². The first kappa shape index (κ1) is 21.6. The zero-order valence-corrected chi connectivity index (χ0v) is 16.0. The highest BCUT2D eigenvalue weighted by Gasteiger charge is 1.93. The lowest BCUT2D eigenvalue weighted by Crippen LogP contribution is -2.20. The molecule has 0 spiro atoms. The fourth-order valence-electron chi connectivity index (χ4n) is 2.59. The first-order valence-electron chi connectivity index (χ1n) is 9.75. The van der Waals surface area contributed by atoms with Gasteiger partial charge in [0.05, 0.1) is 4.99 Å². The van der Waals surface area contributed by atoms with Gasteiger partial charge < -0.3 is 5.32 Å². The van der Waals surface area contributed by atoms with E-state index in [2.05, 4.69) is 31.3 Å². The maximum Gasteiger partial charge on any atom is 0.0984 e. The summed E-state index contributed by atoms with van der Waals surface area (Å²) in [4.78, 5) is 0.913. The Morgan fingerprint density at radius 2 is 1.23 bits per heavy atom. The third kappa shape index (κ3) is 17.7. The molecule has 0 aliphatic carbocycles. The quantitative estimate of drug-likeness (QED) is 0.187. The van der Waals surface area contributed by atoms with Gasteiger partial charge in [0.15, 0.2) is 0 Å².